The number of amides is 1. The van der Waals surface area contributed by atoms with Crippen LogP contribution in [0.3, 0.4) is 0 Å². The summed E-state index contributed by atoms with van der Waals surface area (Å²) in [5.74, 6) is 0.953. The molecule has 3 aromatic rings. The van der Waals surface area contributed by atoms with Crippen molar-refractivity contribution in [3.8, 4) is 5.75 Å². The van der Waals surface area contributed by atoms with Gasteiger partial charge >= 0.3 is 0 Å². The molecule has 0 radical (unpaired) electrons. The summed E-state index contributed by atoms with van der Waals surface area (Å²) in [5.41, 5.74) is 2.14. The second-order valence-electron chi connectivity index (χ2n) is 6.95. The van der Waals surface area contributed by atoms with Gasteiger partial charge in [0.1, 0.15) is 10.8 Å². The average Bonchev–Trinajstić information content (AvgIpc) is 3.12. The standard InChI is InChI=1S/C22H27N3O2S/c1-5-27-18-12-10-17(11-13-18)14-24(3)15-21(26)25(4)16(2)22-23-19-8-6-7-9-20(19)28-22/h6-13,16H,5,14-15H2,1-4H3/t16-/m1/s1. The minimum Gasteiger partial charge on any atom is -0.494 e. The summed E-state index contributed by atoms with van der Waals surface area (Å²) in [7, 11) is 3.81. The van der Waals surface area contributed by atoms with Gasteiger partial charge in [0.2, 0.25) is 5.91 Å². The number of likely N-dealkylation sites (N-methyl/N-ethyl adjacent to an activating group) is 2. The SMILES string of the molecule is CCOc1ccc(CN(C)CC(=O)N(C)[C@H](C)c2nc3ccccc3s2)cc1. The summed E-state index contributed by atoms with van der Waals surface area (Å²) in [5, 5.41) is 0.964. The van der Waals surface area contributed by atoms with Crippen molar-refractivity contribution in [2.24, 2.45) is 0 Å². The van der Waals surface area contributed by atoms with Crippen molar-refractivity contribution >= 4 is 27.5 Å². The largest absolute Gasteiger partial charge is 0.494 e. The zero-order valence-electron chi connectivity index (χ0n) is 16.9. The Labute approximate surface area is 170 Å². The molecule has 0 N–H and O–H groups in total. The first-order chi connectivity index (χ1) is 13.5. The molecule has 0 saturated heterocycles. The number of nitrogens with zero attached hydrogens (tertiary/aromatic N) is 3. The highest BCUT2D eigenvalue weighted by molar-refractivity contribution is 7.18. The molecular formula is C22H27N3O2S. The quantitative estimate of drug-likeness (QED) is 0.567. The van der Waals surface area contributed by atoms with Gasteiger partial charge in [-0.3, -0.25) is 9.69 Å². The average molecular weight is 398 g/mol. The van der Waals surface area contributed by atoms with Crippen LogP contribution in [0.25, 0.3) is 10.2 Å². The maximum Gasteiger partial charge on any atom is 0.237 e. The Balaban J connectivity index is 1.57. The van der Waals surface area contributed by atoms with Crippen LogP contribution in [-0.4, -0.2) is 47.9 Å². The first kappa shape index (κ1) is 20.3. The smallest absolute Gasteiger partial charge is 0.237 e. The van der Waals surface area contributed by atoms with E-state index in [2.05, 4.69) is 11.1 Å². The Hall–Kier alpha value is -2.44. The second kappa shape index (κ2) is 9.17. The molecule has 3 rings (SSSR count). The van der Waals surface area contributed by atoms with Crippen LogP contribution in [-0.2, 0) is 11.3 Å². The highest BCUT2D eigenvalue weighted by Gasteiger charge is 2.21. The Morgan fingerprint density at radius 2 is 1.86 bits per heavy atom. The fourth-order valence-electron chi connectivity index (χ4n) is 3.02. The maximum atomic E-state index is 12.8. The molecular weight excluding hydrogens is 370 g/mol. The molecule has 0 unspecified atom stereocenters. The highest BCUT2D eigenvalue weighted by atomic mass is 32.1. The molecule has 28 heavy (non-hydrogen) atoms. The Bertz CT molecular complexity index is 890. The van der Waals surface area contributed by atoms with E-state index in [-0.39, 0.29) is 11.9 Å². The summed E-state index contributed by atoms with van der Waals surface area (Å²) in [6.45, 7) is 5.73. The van der Waals surface area contributed by atoms with E-state index in [0.717, 1.165) is 26.5 Å². The predicted octanol–water partition coefficient (Wildman–Crippen LogP) is 4.35. The van der Waals surface area contributed by atoms with Crippen molar-refractivity contribution in [1.82, 2.24) is 14.8 Å². The third-order valence-electron chi connectivity index (χ3n) is 4.73. The molecule has 0 aliphatic heterocycles. The Morgan fingerprint density at radius 1 is 1.14 bits per heavy atom. The Kier molecular flexibility index (Phi) is 6.65. The van der Waals surface area contributed by atoms with Crippen molar-refractivity contribution in [3.05, 3.63) is 59.1 Å². The van der Waals surface area contributed by atoms with Gasteiger partial charge in [0, 0.05) is 13.6 Å². The van der Waals surface area contributed by atoms with E-state index in [9.17, 15) is 4.79 Å². The van der Waals surface area contributed by atoms with Gasteiger partial charge in [-0.15, -0.1) is 11.3 Å². The number of hydrogen-bond donors (Lipinski definition) is 0. The lowest BCUT2D eigenvalue weighted by Crippen LogP contribution is -2.37. The predicted molar refractivity (Wildman–Crippen MR) is 115 cm³/mol. The molecule has 1 heterocycles. The van der Waals surface area contributed by atoms with Gasteiger partial charge in [-0.25, -0.2) is 4.98 Å². The van der Waals surface area contributed by atoms with Crippen molar-refractivity contribution < 1.29 is 9.53 Å². The van der Waals surface area contributed by atoms with Crippen LogP contribution in [0.2, 0.25) is 0 Å². The topological polar surface area (TPSA) is 45.7 Å². The monoisotopic (exact) mass is 397 g/mol. The van der Waals surface area contributed by atoms with Gasteiger partial charge in [0.25, 0.3) is 0 Å². The molecule has 6 heteroatoms. The maximum absolute atomic E-state index is 12.8. The van der Waals surface area contributed by atoms with Gasteiger partial charge in [-0.05, 0) is 50.7 Å². The van der Waals surface area contributed by atoms with Crippen molar-refractivity contribution in [2.75, 3.05) is 27.2 Å². The van der Waals surface area contributed by atoms with Gasteiger partial charge < -0.3 is 9.64 Å². The minimum atomic E-state index is -0.0521. The van der Waals surface area contributed by atoms with E-state index in [4.69, 9.17) is 4.74 Å². The van der Waals surface area contributed by atoms with Gasteiger partial charge in [0.05, 0.1) is 29.4 Å². The number of benzene rings is 2. The van der Waals surface area contributed by atoms with Gasteiger partial charge in [-0.2, -0.15) is 0 Å². The summed E-state index contributed by atoms with van der Waals surface area (Å²) in [4.78, 5) is 21.3. The number of hydrogen-bond acceptors (Lipinski definition) is 5. The minimum absolute atomic E-state index is 0.0521. The molecule has 1 amide bonds. The van der Waals surface area contributed by atoms with Crippen LogP contribution in [0.15, 0.2) is 48.5 Å². The zero-order chi connectivity index (χ0) is 20.1. The third-order valence-corrected chi connectivity index (χ3v) is 5.94. The highest BCUT2D eigenvalue weighted by Crippen LogP contribution is 2.28. The second-order valence-corrected chi connectivity index (χ2v) is 8.01. The van der Waals surface area contributed by atoms with Crippen LogP contribution >= 0.6 is 11.3 Å². The fraction of sp³-hybridized carbons (Fsp3) is 0.364. The van der Waals surface area contributed by atoms with Crippen LogP contribution in [0.4, 0.5) is 0 Å². The summed E-state index contributed by atoms with van der Waals surface area (Å²) < 4.78 is 6.62. The van der Waals surface area contributed by atoms with E-state index in [0.29, 0.717) is 19.7 Å². The lowest BCUT2D eigenvalue weighted by molar-refractivity contribution is -0.132. The number of rotatable bonds is 8. The number of fused-ring (bicyclic) bond motifs is 1. The number of carbonyl (C=O) groups excluding carboxylic acids is 1. The van der Waals surface area contributed by atoms with Gasteiger partial charge in [-0.1, -0.05) is 24.3 Å². The van der Waals surface area contributed by atoms with E-state index >= 15 is 0 Å². The molecule has 148 valence electrons. The summed E-state index contributed by atoms with van der Waals surface area (Å²) in [6.07, 6.45) is 0. The molecule has 0 spiro atoms. The van der Waals surface area contributed by atoms with Crippen LogP contribution in [0.1, 0.15) is 30.5 Å². The summed E-state index contributed by atoms with van der Waals surface area (Å²) >= 11 is 1.65. The van der Waals surface area contributed by atoms with E-state index in [1.165, 1.54) is 0 Å². The molecule has 0 fully saturated rings. The normalized spacial score (nSPS) is 12.3. The lowest BCUT2D eigenvalue weighted by Gasteiger charge is -2.26. The Morgan fingerprint density at radius 3 is 2.54 bits per heavy atom. The fourth-order valence-corrected chi connectivity index (χ4v) is 4.08. The molecule has 1 aromatic heterocycles. The first-order valence-corrected chi connectivity index (χ1v) is 10.3. The van der Waals surface area contributed by atoms with E-state index in [1.807, 2.05) is 75.3 Å². The molecule has 0 aliphatic carbocycles. The van der Waals surface area contributed by atoms with Crippen molar-refractivity contribution in [3.63, 3.8) is 0 Å². The van der Waals surface area contributed by atoms with Crippen LogP contribution < -0.4 is 4.74 Å². The van der Waals surface area contributed by atoms with Crippen molar-refractivity contribution in [1.29, 1.82) is 0 Å². The molecule has 0 saturated carbocycles. The molecule has 5 nitrogen and oxygen atoms in total. The van der Waals surface area contributed by atoms with Gasteiger partial charge in [0.15, 0.2) is 0 Å². The number of thiazole rings is 1. The molecule has 1 atom stereocenters. The number of carbonyl (C=O) groups is 1. The number of ether oxygens (including phenoxy) is 1. The number of para-hydroxylation sites is 1. The number of aromatic nitrogens is 1. The zero-order valence-corrected chi connectivity index (χ0v) is 17.7. The van der Waals surface area contributed by atoms with Crippen LogP contribution in [0.5, 0.6) is 5.75 Å². The molecule has 0 aliphatic rings. The summed E-state index contributed by atoms with van der Waals surface area (Å²) in [6, 6.07) is 16.0. The molecule has 2 aromatic carbocycles. The van der Waals surface area contributed by atoms with E-state index < -0.39 is 0 Å². The third kappa shape index (κ3) is 4.88. The van der Waals surface area contributed by atoms with E-state index in [1.54, 1.807) is 16.2 Å². The van der Waals surface area contributed by atoms with Crippen LogP contribution in [0, 0.1) is 0 Å². The lowest BCUT2D eigenvalue weighted by atomic mass is 10.2. The first-order valence-electron chi connectivity index (χ1n) is 9.49. The van der Waals surface area contributed by atoms with Crippen molar-refractivity contribution in [2.45, 2.75) is 26.4 Å². The molecule has 0 bridgehead atoms.